The van der Waals surface area contributed by atoms with Gasteiger partial charge in [0.1, 0.15) is 11.5 Å². The third kappa shape index (κ3) is 3.88. The number of methoxy groups -OCH3 is 2. The maximum Gasteiger partial charge on any atom is 0.251 e. The Kier molecular flexibility index (Phi) is 5.85. The molecule has 0 saturated carbocycles. The van der Waals surface area contributed by atoms with Crippen molar-refractivity contribution in [3.05, 3.63) is 58.7 Å². The van der Waals surface area contributed by atoms with Crippen LogP contribution in [0, 0.1) is 13.8 Å². The standard InChI is InChI=1S/C20H25NO3/c1-6-17(15-7-9-18(23-4)13(2)11-15)21-20(22)16-8-10-19(24-5)14(3)12-16/h7-12,17H,6H2,1-5H3,(H,21,22)/t17-/m1/s1. The van der Waals surface area contributed by atoms with E-state index in [1.54, 1.807) is 20.3 Å². The molecule has 4 nitrogen and oxygen atoms in total. The van der Waals surface area contributed by atoms with Crippen molar-refractivity contribution in [3.63, 3.8) is 0 Å². The summed E-state index contributed by atoms with van der Waals surface area (Å²) >= 11 is 0. The van der Waals surface area contributed by atoms with Crippen LogP contribution in [0.3, 0.4) is 0 Å². The summed E-state index contributed by atoms with van der Waals surface area (Å²) < 4.78 is 10.5. The van der Waals surface area contributed by atoms with Gasteiger partial charge in [0.2, 0.25) is 0 Å². The average Bonchev–Trinajstić information content (AvgIpc) is 2.59. The molecule has 0 aliphatic rings. The molecule has 0 bridgehead atoms. The summed E-state index contributed by atoms with van der Waals surface area (Å²) in [6.45, 7) is 5.99. The highest BCUT2D eigenvalue weighted by molar-refractivity contribution is 5.94. The van der Waals surface area contributed by atoms with Gasteiger partial charge >= 0.3 is 0 Å². The predicted molar refractivity (Wildman–Crippen MR) is 96.0 cm³/mol. The van der Waals surface area contributed by atoms with Crippen LogP contribution < -0.4 is 14.8 Å². The number of ether oxygens (including phenoxy) is 2. The van der Waals surface area contributed by atoms with Crippen LogP contribution in [0.2, 0.25) is 0 Å². The van der Waals surface area contributed by atoms with Crippen molar-refractivity contribution in [2.75, 3.05) is 14.2 Å². The molecular formula is C20H25NO3. The number of rotatable bonds is 6. The molecule has 0 aliphatic carbocycles. The van der Waals surface area contributed by atoms with Crippen molar-refractivity contribution >= 4 is 5.91 Å². The second kappa shape index (κ2) is 7.86. The average molecular weight is 327 g/mol. The zero-order valence-corrected chi connectivity index (χ0v) is 15.0. The van der Waals surface area contributed by atoms with E-state index in [2.05, 4.69) is 18.3 Å². The van der Waals surface area contributed by atoms with Gasteiger partial charge in [0.15, 0.2) is 0 Å². The summed E-state index contributed by atoms with van der Waals surface area (Å²) in [6.07, 6.45) is 0.812. The summed E-state index contributed by atoms with van der Waals surface area (Å²) in [5.74, 6) is 1.55. The number of carbonyl (C=O) groups excluding carboxylic acids is 1. The number of benzene rings is 2. The molecule has 2 aromatic rings. The number of nitrogens with one attached hydrogen (secondary N) is 1. The minimum Gasteiger partial charge on any atom is -0.496 e. The van der Waals surface area contributed by atoms with E-state index in [0.29, 0.717) is 5.56 Å². The Balaban J connectivity index is 2.19. The first-order valence-electron chi connectivity index (χ1n) is 8.10. The van der Waals surface area contributed by atoms with E-state index in [4.69, 9.17) is 9.47 Å². The van der Waals surface area contributed by atoms with Crippen molar-refractivity contribution in [1.82, 2.24) is 5.32 Å². The second-order valence-electron chi connectivity index (χ2n) is 5.85. The number of aryl methyl sites for hydroxylation is 2. The zero-order valence-electron chi connectivity index (χ0n) is 15.0. The van der Waals surface area contributed by atoms with Crippen molar-refractivity contribution in [1.29, 1.82) is 0 Å². The highest BCUT2D eigenvalue weighted by Gasteiger charge is 2.16. The highest BCUT2D eigenvalue weighted by atomic mass is 16.5. The number of hydrogen-bond donors (Lipinski definition) is 1. The van der Waals surface area contributed by atoms with E-state index in [0.717, 1.165) is 34.6 Å². The number of carbonyl (C=O) groups is 1. The van der Waals surface area contributed by atoms with Gasteiger partial charge in [-0.1, -0.05) is 19.1 Å². The lowest BCUT2D eigenvalue weighted by Gasteiger charge is -2.19. The number of amides is 1. The summed E-state index contributed by atoms with van der Waals surface area (Å²) in [6, 6.07) is 11.4. The number of hydrogen-bond acceptors (Lipinski definition) is 3. The lowest BCUT2D eigenvalue weighted by molar-refractivity contribution is 0.0935. The maximum absolute atomic E-state index is 12.6. The molecule has 2 aromatic carbocycles. The molecule has 4 heteroatoms. The van der Waals surface area contributed by atoms with Gasteiger partial charge in [-0.25, -0.2) is 0 Å². The molecule has 0 spiro atoms. The fourth-order valence-electron chi connectivity index (χ4n) is 2.80. The van der Waals surface area contributed by atoms with Crippen molar-refractivity contribution in [3.8, 4) is 11.5 Å². The molecule has 0 unspecified atom stereocenters. The van der Waals surface area contributed by atoms with E-state index in [1.807, 2.05) is 38.1 Å². The van der Waals surface area contributed by atoms with E-state index in [-0.39, 0.29) is 11.9 Å². The van der Waals surface area contributed by atoms with Gasteiger partial charge in [-0.15, -0.1) is 0 Å². The van der Waals surface area contributed by atoms with Crippen LogP contribution in [0.1, 0.15) is 46.4 Å². The van der Waals surface area contributed by atoms with Crippen molar-refractivity contribution in [2.24, 2.45) is 0 Å². The normalized spacial score (nSPS) is 11.7. The minimum atomic E-state index is -0.0823. The highest BCUT2D eigenvalue weighted by Crippen LogP contribution is 2.25. The van der Waals surface area contributed by atoms with E-state index >= 15 is 0 Å². The van der Waals surface area contributed by atoms with Crippen LogP contribution in [-0.2, 0) is 0 Å². The Hall–Kier alpha value is -2.49. The maximum atomic E-state index is 12.6. The van der Waals surface area contributed by atoms with Gasteiger partial charge in [0.05, 0.1) is 20.3 Å². The Morgan fingerprint density at radius 2 is 1.58 bits per heavy atom. The van der Waals surface area contributed by atoms with Gasteiger partial charge in [0, 0.05) is 5.56 Å². The molecule has 0 heterocycles. The lowest BCUT2D eigenvalue weighted by atomic mass is 10.0. The zero-order chi connectivity index (χ0) is 17.7. The smallest absolute Gasteiger partial charge is 0.251 e. The fourth-order valence-corrected chi connectivity index (χ4v) is 2.80. The summed E-state index contributed by atoms with van der Waals surface area (Å²) in [4.78, 5) is 12.6. The molecule has 128 valence electrons. The topological polar surface area (TPSA) is 47.6 Å². The van der Waals surface area contributed by atoms with Crippen LogP contribution >= 0.6 is 0 Å². The monoisotopic (exact) mass is 327 g/mol. The molecule has 2 rings (SSSR count). The van der Waals surface area contributed by atoms with Crippen molar-refractivity contribution < 1.29 is 14.3 Å². The molecule has 24 heavy (non-hydrogen) atoms. The Morgan fingerprint density at radius 3 is 2.08 bits per heavy atom. The molecule has 0 radical (unpaired) electrons. The third-order valence-corrected chi connectivity index (χ3v) is 4.19. The van der Waals surface area contributed by atoms with E-state index < -0.39 is 0 Å². The summed E-state index contributed by atoms with van der Waals surface area (Å²) in [7, 11) is 3.29. The first-order chi connectivity index (χ1) is 11.5. The van der Waals surface area contributed by atoms with Gasteiger partial charge in [0.25, 0.3) is 5.91 Å². The van der Waals surface area contributed by atoms with Gasteiger partial charge in [-0.05, 0) is 61.2 Å². The molecule has 0 fully saturated rings. The van der Waals surface area contributed by atoms with Gasteiger partial charge < -0.3 is 14.8 Å². The first kappa shape index (κ1) is 17.9. The summed E-state index contributed by atoms with van der Waals surface area (Å²) in [5, 5.41) is 3.11. The molecule has 1 amide bonds. The molecule has 0 saturated heterocycles. The molecule has 1 atom stereocenters. The van der Waals surface area contributed by atoms with Crippen LogP contribution in [0.5, 0.6) is 11.5 Å². The van der Waals surface area contributed by atoms with Crippen molar-refractivity contribution in [2.45, 2.75) is 33.2 Å². The molecular weight excluding hydrogens is 302 g/mol. The Labute approximate surface area is 143 Å². The molecule has 0 aromatic heterocycles. The third-order valence-electron chi connectivity index (χ3n) is 4.19. The predicted octanol–water partition coefficient (Wildman–Crippen LogP) is 4.20. The van der Waals surface area contributed by atoms with Gasteiger partial charge in [-0.3, -0.25) is 4.79 Å². The van der Waals surface area contributed by atoms with E-state index in [1.165, 1.54) is 0 Å². The lowest BCUT2D eigenvalue weighted by Crippen LogP contribution is -2.28. The fraction of sp³-hybridized carbons (Fsp3) is 0.350. The van der Waals surface area contributed by atoms with E-state index in [9.17, 15) is 4.79 Å². The second-order valence-corrected chi connectivity index (χ2v) is 5.85. The van der Waals surface area contributed by atoms with Crippen LogP contribution in [0.25, 0.3) is 0 Å². The first-order valence-corrected chi connectivity index (χ1v) is 8.10. The van der Waals surface area contributed by atoms with Gasteiger partial charge in [-0.2, -0.15) is 0 Å². The van der Waals surface area contributed by atoms with Crippen LogP contribution in [0.15, 0.2) is 36.4 Å². The largest absolute Gasteiger partial charge is 0.496 e. The van der Waals surface area contributed by atoms with Crippen LogP contribution in [0.4, 0.5) is 0 Å². The molecule has 0 aliphatic heterocycles. The quantitative estimate of drug-likeness (QED) is 0.865. The summed E-state index contributed by atoms with van der Waals surface area (Å²) in [5.41, 5.74) is 3.72. The Bertz CT molecular complexity index is 725. The SMILES string of the molecule is CC[C@@H](NC(=O)c1ccc(OC)c(C)c1)c1ccc(OC)c(C)c1. The Morgan fingerprint density at radius 1 is 1.00 bits per heavy atom. The molecule has 1 N–H and O–H groups in total. The minimum absolute atomic E-state index is 0.0375. The van der Waals surface area contributed by atoms with Crippen LogP contribution in [-0.4, -0.2) is 20.1 Å².